The van der Waals surface area contributed by atoms with E-state index in [9.17, 15) is 14.7 Å². The lowest BCUT2D eigenvalue weighted by atomic mass is 9.72. The number of carbonyl (C=O) groups is 2. The fourth-order valence-corrected chi connectivity index (χ4v) is 3.92. The van der Waals surface area contributed by atoms with Gasteiger partial charge in [0.05, 0.1) is 12.1 Å². The number of benzene rings is 2. The standard InChI is InChI=1S/C21H18N2O4/c1-12-19(13(2)27-23-12)14-8-9-17-16(10-14)21(11-18(24)25,20(26)22-17)15-6-4-3-5-7-15/h3-10H,11H2,1-2H3,(H,22,26)(H,24,25). The molecule has 0 fully saturated rings. The zero-order chi connectivity index (χ0) is 19.2. The quantitative estimate of drug-likeness (QED) is 0.739. The highest BCUT2D eigenvalue weighted by Crippen LogP contribution is 2.47. The molecule has 0 spiro atoms. The largest absolute Gasteiger partial charge is 0.481 e. The number of carboxylic acids is 1. The zero-order valence-corrected chi connectivity index (χ0v) is 14.9. The number of carbonyl (C=O) groups excluding carboxylic acids is 1. The minimum Gasteiger partial charge on any atom is -0.481 e. The number of hydrogen-bond donors (Lipinski definition) is 2. The van der Waals surface area contributed by atoms with E-state index in [1.165, 1.54) is 0 Å². The third-order valence-corrected chi connectivity index (χ3v) is 5.12. The Kier molecular flexibility index (Phi) is 3.84. The van der Waals surface area contributed by atoms with Gasteiger partial charge in [-0.25, -0.2) is 0 Å². The molecule has 2 aromatic carbocycles. The number of anilines is 1. The number of aliphatic carboxylic acids is 1. The van der Waals surface area contributed by atoms with E-state index in [0.29, 0.717) is 22.6 Å². The van der Waals surface area contributed by atoms with Gasteiger partial charge in [0.1, 0.15) is 11.2 Å². The maximum absolute atomic E-state index is 13.0. The Hall–Kier alpha value is -3.41. The summed E-state index contributed by atoms with van der Waals surface area (Å²) in [6, 6.07) is 14.6. The third-order valence-electron chi connectivity index (χ3n) is 5.12. The second-order valence-electron chi connectivity index (χ2n) is 6.76. The lowest BCUT2D eigenvalue weighted by Gasteiger charge is -2.26. The summed E-state index contributed by atoms with van der Waals surface area (Å²) in [6.45, 7) is 3.68. The lowest BCUT2D eigenvalue weighted by molar-refractivity contribution is -0.140. The van der Waals surface area contributed by atoms with Crippen LogP contribution in [0.1, 0.15) is 29.0 Å². The van der Waals surface area contributed by atoms with Crippen LogP contribution >= 0.6 is 0 Å². The van der Waals surface area contributed by atoms with Crippen molar-refractivity contribution in [2.24, 2.45) is 0 Å². The van der Waals surface area contributed by atoms with Gasteiger partial charge in [-0.2, -0.15) is 0 Å². The number of carboxylic acid groups (broad SMARTS) is 1. The molecular weight excluding hydrogens is 344 g/mol. The van der Waals surface area contributed by atoms with Crippen molar-refractivity contribution in [1.82, 2.24) is 5.16 Å². The predicted molar refractivity (Wildman–Crippen MR) is 99.5 cm³/mol. The van der Waals surface area contributed by atoms with Gasteiger partial charge in [-0.3, -0.25) is 9.59 Å². The molecule has 27 heavy (non-hydrogen) atoms. The van der Waals surface area contributed by atoms with E-state index in [0.717, 1.165) is 16.8 Å². The zero-order valence-electron chi connectivity index (χ0n) is 14.9. The minimum absolute atomic E-state index is 0.331. The number of hydrogen-bond acceptors (Lipinski definition) is 4. The van der Waals surface area contributed by atoms with Gasteiger partial charge in [0.25, 0.3) is 0 Å². The van der Waals surface area contributed by atoms with Crippen molar-refractivity contribution in [2.45, 2.75) is 25.7 Å². The number of fused-ring (bicyclic) bond motifs is 1. The number of nitrogens with one attached hydrogen (secondary N) is 1. The molecule has 0 saturated carbocycles. The Balaban J connectivity index is 1.97. The van der Waals surface area contributed by atoms with Crippen molar-refractivity contribution >= 4 is 17.6 Å². The molecule has 2 N–H and O–H groups in total. The van der Waals surface area contributed by atoms with Crippen LogP contribution in [0.4, 0.5) is 5.69 Å². The normalized spacial score (nSPS) is 18.2. The van der Waals surface area contributed by atoms with Crippen LogP contribution in [-0.4, -0.2) is 22.1 Å². The molecule has 0 radical (unpaired) electrons. The van der Waals surface area contributed by atoms with E-state index in [1.54, 1.807) is 18.2 Å². The predicted octanol–water partition coefficient (Wildman–Crippen LogP) is 3.67. The first-order chi connectivity index (χ1) is 12.9. The summed E-state index contributed by atoms with van der Waals surface area (Å²) in [5.41, 5.74) is 3.09. The molecule has 1 aliphatic rings. The molecule has 0 bridgehead atoms. The van der Waals surface area contributed by atoms with Crippen molar-refractivity contribution in [2.75, 3.05) is 5.32 Å². The maximum Gasteiger partial charge on any atom is 0.305 e. The van der Waals surface area contributed by atoms with Crippen molar-refractivity contribution in [3.63, 3.8) is 0 Å². The Morgan fingerprint density at radius 1 is 1.19 bits per heavy atom. The number of amides is 1. The van der Waals surface area contributed by atoms with Gasteiger partial charge < -0.3 is 14.9 Å². The van der Waals surface area contributed by atoms with Gasteiger partial charge in [-0.15, -0.1) is 0 Å². The van der Waals surface area contributed by atoms with E-state index in [-0.39, 0.29) is 12.3 Å². The molecule has 6 heteroatoms. The van der Waals surface area contributed by atoms with E-state index >= 15 is 0 Å². The van der Waals surface area contributed by atoms with Crippen molar-refractivity contribution < 1.29 is 19.2 Å². The van der Waals surface area contributed by atoms with Crippen molar-refractivity contribution in [1.29, 1.82) is 0 Å². The number of aryl methyl sites for hydroxylation is 2. The van der Waals surface area contributed by atoms with E-state index < -0.39 is 11.4 Å². The first-order valence-electron chi connectivity index (χ1n) is 8.60. The third kappa shape index (κ3) is 2.52. The molecule has 0 aliphatic carbocycles. The molecular formula is C21H18N2O4. The molecule has 3 aromatic rings. The highest BCUT2D eigenvalue weighted by atomic mass is 16.5. The fourth-order valence-electron chi connectivity index (χ4n) is 3.92. The van der Waals surface area contributed by atoms with Gasteiger partial charge in [-0.05, 0) is 42.7 Å². The van der Waals surface area contributed by atoms with Crippen LogP contribution in [0.25, 0.3) is 11.1 Å². The SMILES string of the molecule is Cc1noc(C)c1-c1ccc2c(c1)C(CC(=O)O)(c1ccccc1)C(=O)N2. The first kappa shape index (κ1) is 17.0. The van der Waals surface area contributed by atoms with Crippen LogP contribution in [0, 0.1) is 13.8 Å². The summed E-state index contributed by atoms with van der Waals surface area (Å²) in [5.74, 6) is -0.695. The monoisotopic (exact) mass is 362 g/mol. The van der Waals surface area contributed by atoms with Gasteiger partial charge in [-0.1, -0.05) is 41.6 Å². The van der Waals surface area contributed by atoms with Crippen LogP contribution in [-0.2, 0) is 15.0 Å². The van der Waals surface area contributed by atoms with Crippen LogP contribution in [0.3, 0.4) is 0 Å². The Morgan fingerprint density at radius 2 is 1.93 bits per heavy atom. The second kappa shape index (κ2) is 6.09. The van der Waals surface area contributed by atoms with Crippen molar-refractivity contribution in [3.8, 4) is 11.1 Å². The molecule has 0 saturated heterocycles. The molecule has 1 unspecified atom stereocenters. The first-order valence-corrected chi connectivity index (χ1v) is 8.60. The Labute approximate surface area is 155 Å². The molecule has 136 valence electrons. The number of nitrogens with zero attached hydrogens (tertiary/aromatic N) is 1. The van der Waals surface area contributed by atoms with Gasteiger partial charge in [0.15, 0.2) is 0 Å². The molecule has 1 atom stereocenters. The highest BCUT2D eigenvalue weighted by Gasteiger charge is 2.50. The van der Waals surface area contributed by atoms with E-state index in [1.807, 2.05) is 44.2 Å². The maximum atomic E-state index is 13.0. The molecule has 1 aliphatic heterocycles. The Bertz CT molecular complexity index is 1040. The summed E-state index contributed by atoms with van der Waals surface area (Å²) in [6.07, 6.45) is -0.332. The smallest absolute Gasteiger partial charge is 0.305 e. The van der Waals surface area contributed by atoms with Gasteiger partial charge in [0, 0.05) is 11.3 Å². The van der Waals surface area contributed by atoms with E-state index in [4.69, 9.17) is 4.52 Å². The number of rotatable bonds is 4. The molecule has 6 nitrogen and oxygen atoms in total. The summed E-state index contributed by atoms with van der Waals surface area (Å²) in [7, 11) is 0. The molecule has 1 aromatic heterocycles. The summed E-state index contributed by atoms with van der Waals surface area (Å²) >= 11 is 0. The lowest BCUT2D eigenvalue weighted by Crippen LogP contribution is -2.38. The van der Waals surface area contributed by atoms with Gasteiger partial charge in [0.2, 0.25) is 5.91 Å². The topological polar surface area (TPSA) is 92.4 Å². The Morgan fingerprint density at radius 3 is 2.56 bits per heavy atom. The fraction of sp³-hybridized carbons (Fsp3) is 0.190. The van der Waals surface area contributed by atoms with Crippen LogP contribution in [0.2, 0.25) is 0 Å². The van der Waals surface area contributed by atoms with Crippen LogP contribution < -0.4 is 5.32 Å². The average Bonchev–Trinajstić information content (AvgIpc) is 3.12. The summed E-state index contributed by atoms with van der Waals surface area (Å²) in [4.78, 5) is 24.7. The van der Waals surface area contributed by atoms with Crippen LogP contribution in [0.15, 0.2) is 53.1 Å². The van der Waals surface area contributed by atoms with Crippen LogP contribution in [0.5, 0.6) is 0 Å². The highest BCUT2D eigenvalue weighted by molar-refractivity contribution is 6.10. The average molecular weight is 362 g/mol. The van der Waals surface area contributed by atoms with Gasteiger partial charge >= 0.3 is 5.97 Å². The summed E-state index contributed by atoms with van der Waals surface area (Å²) < 4.78 is 5.26. The molecule has 4 rings (SSSR count). The minimum atomic E-state index is -1.28. The van der Waals surface area contributed by atoms with E-state index in [2.05, 4.69) is 10.5 Å². The second-order valence-corrected chi connectivity index (χ2v) is 6.76. The molecule has 1 amide bonds. The van der Waals surface area contributed by atoms with Crippen molar-refractivity contribution in [3.05, 3.63) is 71.1 Å². The number of aromatic nitrogens is 1. The molecule has 2 heterocycles. The summed E-state index contributed by atoms with van der Waals surface area (Å²) in [5, 5.41) is 16.4.